The standard InChI is InChI=1S/C23H23F2N5O3S/c1-13(15-6-4-5-7-17(15)33-23(24)25)32-18-8-19(34-21(18)22(26)31)16-9-28-20-10-27-14(11-29(2)3)12-30(16)20/h4-10,12-13,23H,11H2,1-3H3,(H2,26,31)/t13-/m1/s1. The van der Waals surface area contributed by atoms with Crippen LogP contribution in [0, 0.1) is 0 Å². The largest absolute Gasteiger partial charge is 0.484 e. The molecule has 0 bridgehead atoms. The number of thiophene rings is 1. The Morgan fingerprint density at radius 3 is 2.65 bits per heavy atom. The first-order valence-electron chi connectivity index (χ1n) is 10.3. The molecule has 4 aromatic rings. The van der Waals surface area contributed by atoms with Gasteiger partial charge < -0.3 is 20.1 Å². The number of carbonyl (C=O) groups excluding carboxylic acids is 1. The molecule has 1 amide bonds. The Bertz CT molecular complexity index is 1320. The fourth-order valence-electron chi connectivity index (χ4n) is 3.55. The van der Waals surface area contributed by atoms with Crippen molar-refractivity contribution in [1.82, 2.24) is 19.3 Å². The lowest BCUT2D eigenvalue weighted by Gasteiger charge is -2.18. The zero-order valence-electron chi connectivity index (χ0n) is 18.7. The minimum Gasteiger partial charge on any atom is -0.484 e. The smallest absolute Gasteiger partial charge is 0.387 e. The number of amides is 1. The second-order valence-electron chi connectivity index (χ2n) is 7.83. The van der Waals surface area contributed by atoms with Crippen molar-refractivity contribution in [2.24, 2.45) is 5.73 Å². The number of benzene rings is 1. The summed E-state index contributed by atoms with van der Waals surface area (Å²) in [4.78, 5) is 23.9. The summed E-state index contributed by atoms with van der Waals surface area (Å²) in [5.41, 5.74) is 8.28. The van der Waals surface area contributed by atoms with Crippen LogP contribution < -0.4 is 15.2 Å². The lowest BCUT2D eigenvalue weighted by Crippen LogP contribution is -2.13. The van der Waals surface area contributed by atoms with Crippen LogP contribution in [-0.2, 0) is 6.54 Å². The van der Waals surface area contributed by atoms with Gasteiger partial charge >= 0.3 is 6.61 Å². The highest BCUT2D eigenvalue weighted by molar-refractivity contribution is 7.17. The van der Waals surface area contributed by atoms with Crippen LogP contribution in [0.1, 0.15) is 34.0 Å². The molecule has 3 heterocycles. The SMILES string of the molecule is C[C@@H](Oc1cc(-c2cnc3cnc(CN(C)C)cn23)sc1C(N)=O)c1ccccc1OC(F)F. The highest BCUT2D eigenvalue weighted by Gasteiger charge is 2.22. The second-order valence-corrected chi connectivity index (χ2v) is 8.88. The van der Waals surface area contributed by atoms with Crippen molar-refractivity contribution in [3.8, 4) is 22.1 Å². The van der Waals surface area contributed by atoms with E-state index >= 15 is 0 Å². The van der Waals surface area contributed by atoms with Gasteiger partial charge in [0, 0.05) is 24.4 Å². The van der Waals surface area contributed by atoms with Gasteiger partial charge in [0.25, 0.3) is 5.91 Å². The molecule has 178 valence electrons. The molecule has 0 fully saturated rings. The van der Waals surface area contributed by atoms with Gasteiger partial charge in [0.2, 0.25) is 0 Å². The molecule has 0 aliphatic heterocycles. The Labute approximate surface area is 198 Å². The summed E-state index contributed by atoms with van der Waals surface area (Å²) in [5, 5.41) is 0. The first-order chi connectivity index (χ1) is 16.2. The van der Waals surface area contributed by atoms with E-state index in [0.29, 0.717) is 22.6 Å². The number of ether oxygens (including phenoxy) is 2. The molecule has 11 heteroatoms. The Morgan fingerprint density at radius 1 is 1.18 bits per heavy atom. The van der Waals surface area contributed by atoms with Gasteiger partial charge in [-0.3, -0.25) is 14.2 Å². The van der Waals surface area contributed by atoms with Gasteiger partial charge in [-0.25, -0.2) is 4.98 Å². The van der Waals surface area contributed by atoms with Gasteiger partial charge in [-0.15, -0.1) is 11.3 Å². The first kappa shape index (κ1) is 23.6. The molecule has 0 aliphatic rings. The molecule has 0 unspecified atom stereocenters. The van der Waals surface area contributed by atoms with Gasteiger partial charge in [-0.05, 0) is 27.1 Å². The number of nitrogens with two attached hydrogens (primary N) is 1. The van der Waals surface area contributed by atoms with Crippen molar-refractivity contribution in [3.63, 3.8) is 0 Å². The zero-order chi connectivity index (χ0) is 24.4. The number of nitrogens with zero attached hydrogens (tertiary/aromatic N) is 4. The van der Waals surface area contributed by atoms with Gasteiger partial charge in [0.15, 0.2) is 5.65 Å². The number of fused-ring (bicyclic) bond motifs is 1. The second kappa shape index (κ2) is 9.74. The van der Waals surface area contributed by atoms with E-state index in [9.17, 15) is 13.6 Å². The number of alkyl halides is 2. The summed E-state index contributed by atoms with van der Waals surface area (Å²) >= 11 is 1.17. The Hall–Kier alpha value is -3.57. The maximum Gasteiger partial charge on any atom is 0.387 e. The van der Waals surface area contributed by atoms with Crippen LogP contribution in [-0.4, -0.2) is 45.9 Å². The minimum atomic E-state index is -2.97. The molecular formula is C23H23F2N5O3S. The zero-order valence-corrected chi connectivity index (χ0v) is 19.6. The Kier molecular flexibility index (Phi) is 6.75. The van der Waals surface area contributed by atoms with Crippen LogP contribution in [0.15, 0.2) is 48.9 Å². The number of hydrogen-bond donors (Lipinski definition) is 1. The molecule has 0 aliphatic carbocycles. The molecule has 1 aromatic carbocycles. The van der Waals surface area contributed by atoms with E-state index in [-0.39, 0.29) is 16.4 Å². The van der Waals surface area contributed by atoms with Crippen molar-refractivity contribution in [2.45, 2.75) is 26.2 Å². The maximum atomic E-state index is 12.8. The number of halogens is 2. The molecule has 0 saturated carbocycles. The normalized spacial score (nSPS) is 12.4. The molecule has 34 heavy (non-hydrogen) atoms. The first-order valence-corrected chi connectivity index (χ1v) is 11.2. The number of carbonyl (C=O) groups is 1. The van der Waals surface area contributed by atoms with Crippen molar-refractivity contribution in [2.75, 3.05) is 14.1 Å². The monoisotopic (exact) mass is 487 g/mol. The maximum absolute atomic E-state index is 12.8. The van der Waals surface area contributed by atoms with Crippen LogP contribution in [0.2, 0.25) is 0 Å². The van der Waals surface area contributed by atoms with Crippen molar-refractivity contribution in [3.05, 3.63) is 65.1 Å². The third-order valence-electron chi connectivity index (χ3n) is 4.98. The molecule has 0 saturated heterocycles. The summed E-state index contributed by atoms with van der Waals surface area (Å²) in [6.45, 7) is -0.635. The summed E-state index contributed by atoms with van der Waals surface area (Å²) in [6.07, 6.45) is 4.58. The highest BCUT2D eigenvalue weighted by Crippen LogP contribution is 2.39. The van der Waals surface area contributed by atoms with Crippen LogP contribution in [0.3, 0.4) is 0 Å². The molecule has 3 aromatic heterocycles. The van der Waals surface area contributed by atoms with Crippen LogP contribution in [0.5, 0.6) is 11.5 Å². The summed E-state index contributed by atoms with van der Waals surface area (Å²) in [6, 6.07) is 8.05. The molecule has 4 rings (SSSR count). The van der Waals surface area contributed by atoms with Crippen LogP contribution in [0.4, 0.5) is 8.78 Å². The molecule has 1 atom stereocenters. The lowest BCUT2D eigenvalue weighted by molar-refractivity contribution is -0.0512. The van der Waals surface area contributed by atoms with Crippen molar-refractivity contribution in [1.29, 1.82) is 0 Å². The molecule has 0 spiro atoms. The van der Waals surface area contributed by atoms with Crippen LogP contribution in [0.25, 0.3) is 16.2 Å². The van der Waals surface area contributed by atoms with E-state index in [4.69, 9.17) is 10.5 Å². The van der Waals surface area contributed by atoms with E-state index in [1.54, 1.807) is 43.6 Å². The van der Waals surface area contributed by atoms with Gasteiger partial charge in [-0.2, -0.15) is 8.78 Å². The molecular weight excluding hydrogens is 464 g/mol. The van der Waals surface area contributed by atoms with Crippen molar-refractivity contribution >= 4 is 22.9 Å². The highest BCUT2D eigenvalue weighted by atomic mass is 32.1. The van der Waals surface area contributed by atoms with E-state index < -0.39 is 18.6 Å². The number of rotatable bonds is 9. The number of primary amides is 1. The third kappa shape index (κ3) is 5.00. The average Bonchev–Trinajstić information content (AvgIpc) is 3.37. The third-order valence-corrected chi connectivity index (χ3v) is 6.13. The fourth-order valence-corrected chi connectivity index (χ4v) is 4.50. The topological polar surface area (TPSA) is 95.0 Å². The number of hydrogen-bond acceptors (Lipinski definition) is 7. The van der Waals surface area contributed by atoms with E-state index in [1.807, 2.05) is 29.6 Å². The number of para-hydroxylation sites is 1. The summed E-state index contributed by atoms with van der Waals surface area (Å²) in [5.74, 6) is -0.396. The Balaban J connectivity index is 1.69. The lowest BCUT2D eigenvalue weighted by atomic mass is 10.1. The average molecular weight is 488 g/mol. The number of aromatic nitrogens is 3. The summed E-state index contributed by atoms with van der Waals surface area (Å²) < 4.78 is 38.1. The molecule has 8 nitrogen and oxygen atoms in total. The number of imidazole rings is 1. The van der Waals surface area contributed by atoms with Crippen LogP contribution >= 0.6 is 11.3 Å². The minimum absolute atomic E-state index is 0.00350. The predicted molar refractivity (Wildman–Crippen MR) is 124 cm³/mol. The van der Waals surface area contributed by atoms with E-state index in [2.05, 4.69) is 14.7 Å². The van der Waals surface area contributed by atoms with E-state index in [1.165, 1.54) is 17.4 Å². The Morgan fingerprint density at radius 2 is 1.94 bits per heavy atom. The fraction of sp³-hybridized carbons (Fsp3) is 0.261. The molecule has 0 radical (unpaired) electrons. The van der Waals surface area contributed by atoms with Crippen molar-refractivity contribution < 1.29 is 23.0 Å². The quantitative estimate of drug-likeness (QED) is 0.377. The van der Waals surface area contributed by atoms with Gasteiger partial charge in [-0.1, -0.05) is 18.2 Å². The van der Waals surface area contributed by atoms with Gasteiger partial charge in [0.05, 0.1) is 28.7 Å². The molecule has 2 N–H and O–H groups in total. The van der Waals surface area contributed by atoms with E-state index in [0.717, 1.165) is 11.4 Å². The predicted octanol–water partition coefficient (Wildman–Crippen LogP) is 4.36. The summed E-state index contributed by atoms with van der Waals surface area (Å²) in [7, 11) is 3.91. The van der Waals surface area contributed by atoms with Gasteiger partial charge in [0.1, 0.15) is 22.5 Å².